The number of thiophene rings is 1. The molecule has 0 aliphatic carbocycles. The summed E-state index contributed by atoms with van der Waals surface area (Å²) in [6, 6.07) is 1.77. The lowest BCUT2D eigenvalue weighted by Crippen LogP contribution is -2.52. The lowest BCUT2D eigenvalue weighted by Gasteiger charge is -2.37. The second-order valence-electron chi connectivity index (χ2n) is 8.07. The second-order valence-corrected chi connectivity index (χ2v) is 9.07. The van der Waals surface area contributed by atoms with E-state index in [-0.39, 0.29) is 36.6 Å². The summed E-state index contributed by atoms with van der Waals surface area (Å²) in [7, 11) is 0. The topological polar surface area (TPSA) is 60.9 Å². The average Bonchev–Trinajstić information content (AvgIpc) is 3.42. The maximum Gasteiger partial charge on any atom is 0.245 e. The molecule has 7 heteroatoms. The van der Waals surface area contributed by atoms with Gasteiger partial charge in [0.25, 0.3) is 0 Å². The number of rotatable bonds is 4. The van der Waals surface area contributed by atoms with E-state index in [1.165, 1.54) is 10.4 Å². The van der Waals surface area contributed by atoms with Crippen molar-refractivity contribution in [1.82, 2.24) is 14.7 Å². The maximum absolute atomic E-state index is 12.9. The first-order chi connectivity index (χ1) is 13.6. The van der Waals surface area contributed by atoms with Gasteiger partial charge in [-0.3, -0.25) is 14.4 Å². The predicted molar refractivity (Wildman–Crippen MR) is 108 cm³/mol. The van der Waals surface area contributed by atoms with Gasteiger partial charge in [0.2, 0.25) is 17.7 Å². The molecule has 0 radical (unpaired) electrons. The zero-order valence-electron chi connectivity index (χ0n) is 16.4. The Bertz CT molecular complexity index is 741. The largest absolute Gasteiger partial charge is 0.341 e. The molecule has 2 saturated heterocycles. The van der Waals surface area contributed by atoms with E-state index in [9.17, 15) is 14.4 Å². The minimum Gasteiger partial charge on any atom is -0.341 e. The van der Waals surface area contributed by atoms with Crippen LogP contribution in [0, 0.1) is 0 Å². The van der Waals surface area contributed by atoms with Crippen LogP contribution in [0.15, 0.2) is 11.4 Å². The van der Waals surface area contributed by atoms with Crippen LogP contribution >= 0.6 is 11.3 Å². The summed E-state index contributed by atoms with van der Waals surface area (Å²) >= 11 is 1.75. The standard InChI is InChI=1S/C21H29N3O3S/c25-19(23-13-8-18-16(15-23)9-14-28-18)6-7-20(26)24-12-2-1-5-17(24)21(27)22-10-3-4-11-22/h9,14,17H,1-8,10-13,15H2. The molecule has 4 rings (SSSR count). The lowest BCUT2D eigenvalue weighted by molar-refractivity contribution is -0.148. The third-order valence-electron chi connectivity index (χ3n) is 6.24. The lowest BCUT2D eigenvalue weighted by atomic mass is 10.00. The molecule has 1 aromatic heterocycles. The zero-order chi connectivity index (χ0) is 19.5. The summed E-state index contributed by atoms with van der Waals surface area (Å²) in [5, 5.41) is 2.08. The molecule has 1 unspecified atom stereocenters. The molecule has 6 nitrogen and oxygen atoms in total. The molecule has 3 aliphatic rings. The molecule has 0 saturated carbocycles. The highest BCUT2D eigenvalue weighted by molar-refractivity contribution is 7.10. The number of nitrogens with zero attached hydrogens (tertiary/aromatic N) is 3. The van der Waals surface area contributed by atoms with E-state index < -0.39 is 0 Å². The van der Waals surface area contributed by atoms with Crippen LogP contribution in [0.2, 0.25) is 0 Å². The van der Waals surface area contributed by atoms with Gasteiger partial charge >= 0.3 is 0 Å². The molecule has 4 heterocycles. The van der Waals surface area contributed by atoms with E-state index in [0.29, 0.717) is 13.1 Å². The highest BCUT2D eigenvalue weighted by atomic mass is 32.1. The van der Waals surface area contributed by atoms with Crippen molar-refractivity contribution in [3.05, 3.63) is 21.9 Å². The first kappa shape index (κ1) is 19.4. The van der Waals surface area contributed by atoms with E-state index in [2.05, 4.69) is 11.4 Å². The Hall–Kier alpha value is -1.89. The van der Waals surface area contributed by atoms with Crippen molar-refractivity contribution in [3.63, 3.8) is 0 Å². The van der Waals surface area contributed by atoms with Gasteiger partial charge in [-0.25, -0.2) is 0 Å². The Balaban J connectivity index is 1.31. The average molecular weight is 404 g/mol. The van der Waals surface area contributed by atoms with Gasteiger partial charge in [0.15, 0.2) is 0 Å². The molecule has 28 heavy (non-hydrogen) atoms. The SMILES string of the molecule is O=C(CCC(=O)N1CCCCC1C(=O)N1CCCC1)N1CCc2sccc2C1. The monoisotopic (exact) mass is 403 g/mol. The van der Waals surface area contributed by atoms with E-state index in [0.717, 1.165) is 58.2 Å². The first-order valence-electron chi connectivity index (χ1n) is 10.5. The summed E-state index contributed by atoms with van der Waals surface area (Å²) in [6.45, 7) is 3.66. The minimum absolute atomic E-state index is 0.0428. The normalized spacial score (nSPS) is 22.3. The predicted octanol–water partition coefficient (Wildman–Crippen LogP) is 2.42. The molecular formula is C21H29N3O3S. The molecule has 0 spiro atoms. The van der Waals surface area contributed by atoms with Crippen molar-refractivity contribution in [3.8, 4) is 0 Å². The van der Waals surface area contributed by atoms with Gasteiger partial charge in [-0.15, -0.1) is 11.3 Å². The van der Waals surface area contributed by atoms with E-state index >= 15 is 0 Å². The Morgan fingerprint density at radius 2 is 1.68 bits per heavy atom. The van der Waals surface area contributed by atoms with Crippen molar-refractivity contribution < 1.29 is 14.4 Å². The molecule has 0 bridgehead atoms. The molecule has 1 aromatic rings. The van der Waals surface area contributed by atoms with Crippen LogP contribution < -0.4 is 0 Å². The summed E-state index contributed by atoms with van der Waals surface area (Å²) in [5.41, 5.74) is 1.24. The van der Waals surface area contributed by atoms with Crippen LogP contribution in [0.4, 0.5) is 0 Å². The number of fused-ring (bicyclic) bond motifs is 1. The van der Waals surface area contributed by atoms with Crippen molar-refractivity contribution >= 4 is 29.1 Å². The van der Waals surface area contributed by atoms with Crippen molar-refractivity contribution in [2.24, 2.45) is 0 Å². The van der Waals surface area contributed by atoms with Gasteiger partial charge in [0, 0.05) is 50.4 Å². The maximum atomic E-state index is 12.9. The van der Waals surface area contributed by atoms with Crippen LogP contribution in [0.1, 0.15) is 55.4 Å². The number of carbonyl (C=O) groups is 3. The third-order valence-corrected chi connectivity index (χ3v) is 7.26. The molecular weight excluding hydrogens is 374 g/mol. The van der Waals surface area contributed by atoms with E-state index in [1.54, 1.807) is 16.2 Å². The van der Waals surface area contributed by atoms with Crippen LogP contribution in [0.5, 0.6) is 0 Å². The molecule has 152 valence electrons. The van der Waals surface area contributed by atoms with Crippen molar-refractivity contribution in [1.29, 1.82) is 0 Å². The second kappa shape index (κ2) is 8.64. The third kappa shape index (κ3) is 4.09. The van der Waals surface area contributed by atoms with Crippen LogP contribution in [0.3, 0.4) is 0 Å². The van der Waals surface area contributed by atoms with Crippen molar-refractivity contribution in [2.45, 2.75) is 64.0 Å². The number of hydrogen-bond acceptors (Lipinski definition) is 4. The van der Waals surface area contributed by atoms with Gasteiger partial charge in [0.1, 0.15) is 6.04 Å². The quantitative estimate of drug-likeness (QED) is 0.776. The molecule has 1 atom stereocenters. The molecule has 0 aromatic carbocycles. The highest BCUT2D eigenvalue weighted by Crippen LogP contribution is 2.25. The highest BCUT2D eigenvalue weighted by Gasteiger charge is 2.35. The molecule has 2 fully saturated rings. The van der Waals surface area contributed by atoms with Gasteiger partial charge in [0.05, 0.1) is 0 Å². The fourth-order valence-electron chi connectivity index (χ4n) is 4.61. The Morgan fingerprint density at radius 3 is 2.50 bits per heavy atom. The van der Waals surface area contributed by atoms with Gasteiger partial charge < -0.3 is 14.7 Å². The fourth-order valence-corrected chi connectivity index (χ4v) is 5.50. The van der Waals surface area contributed by atoms with Gasteiger partial charge in [-0.2, -0.15) is 0 Å². The number of amides is 3. The number of piperidine rings is 1. The summed E-state index contributed by atoms with van der Waals surface area (Å²) < 4.78 is 0. The Morgan fingerprint density at radius 1 is 0.929 bits per heavy atom. The van der Waals surface area contributed by atoms with E-state index in [4.69, 9.17) is 0 Å². The Kier molecular flexibility index (Phi) is 5.99. The smallest absolute Gasteiger partial charge is 0.245 e. The first-order valence-corrected chi connectivity index (χ1v) is 11.4. The number of likely N-dealkylation sites (tertiary alicyclic amines) is 2. The fraction of sp³-hybridized carbons (Fsp3) is 0.667. The Labute approximate surface area is 170 Å². The minimum atomic E-state index is -0.321. The van der Waals surface area contributed by atoms with Gasteiger partial charge in [-0.05, 0) is 55.5 Å². The van der Waals surface area contributed by atoms with Crippen LogP contribution in [-0.4, -0.2) is 64.6 Å². The molecule has 3 amide bonds. The summed E-state index contributed by atoms with van der Waals surface area (Å²) in [4.78, 5) is 45.2. The summed E-state index contributed by atoms with van der Waals surface area (Å²) in [5.74, 6) is 0.112. The van der Waals surface area contributed by atoms with Crippen LogP contribution in [0.25, 0.3) is 0 Å². The number of hydrogen-bond donors (Lipinski definition) is 0. The molecule has 0 N–H and O–H groups in total. The van der Waals surface area contributed by atoms with Crippen molar-refractivity contribution in [2.75, 3.05) is 26.2 Å². The number of carbonyl (C=O) groups excluding carboxylic acids is 3. The van der Waals surface area contributed by atoms with Gasteiger partial charge in [-0.1, -0.05) is 0 Å². The van der Waals surface area contributed by atoms with Crippen LogP contribution in [-0.2, 0) is 27.3 Å². The zero-order valence-corrected chi connectivity index (χ0v) is 17.2. The van der Waals surface area contributed by atoms with E-state index in [1.807, 2.05) is 9.80 Å². The molecule has 3 aliphatic heterocycles. The summed E-state index contributed by atoms with van der Waals surface area (Å²) in [6.07, 6.45) is 6.15.